The number of benzene rings is 2. The molecule has 7 heteroatoms. The van der Waals surface area contributed by atoms with E-state index in [-0.39, 0.29) is 6.10 Å². The molecular weight excluding hydrogens is 419 g/mol. The van der Waals surface area contributed by atoms with E-state index in [1.54, 1.807) is 12.1 Å². The first-order valence-corrected chi connectivity index (χ1v) is 10.8. The van der Waals surface area contributed by atoms with Crippen LogP contribution in [0.15, 0.2) is 24.3 Å². The smallest absolute Gasteiger partial charge is 0.146 e. The van der Waals surface area contributed by atoms with Crippen LogP contribution in [0.25, 0.3) is 11.1 Å². The molecule has 3 aliphatic heterocycles. The van der Waals surface area contributed by atoms with Crippen molar-refractivity contribution in [3.8, 4) is 16.9 Å². The predicted molar refractivity (Wildman–Crippen MR) is 115 cm³/mol. The van der Waals surface area contributed by atoms with Crippen molar-refractivity contribution in [2.24, 2.45) is 0 Å². The first-order chi connectivity index (χ1) is 13.6. The number of nitrogens with one attached hydrogen (secondary N) is 1. The standard InChI is InChI=1S/C21H21Cl3N2O2/c22-13-9-16(23)20(17(24)10-13)12-7-14-15-11-25-2-1-19(15)28-21(14)18(8-12)26-3-5-27-6-4-26/h7-10,15,19,25H,1-6,11H2/t15-,19-/m0/s1. The Morgan fingerprint density at radius 1 is 1.00 bits per heavy atom. The van der Waals surface area contributed by atoms with E-state index in [1.165, 1.54) is 5.56 Å². The second-order valence-corrected chi connectivity index (χ2v) is 8.76. The molecule has 2 aromatic rings. The number of piperidine rings is 1. The molecular formula is C21H21Cl3N2O2. The SMILES string of the molecule is Clc1cc(Cl)c(-c2cc3c(c(N4CCOCC4)c2)O[C@H]2CCNC[C@@H]32)c(Cl)c1. The second kappa shape index (κ2) is 7.58. The molecule has 0 radical (unpaired) electrons. The van der Waals surface area contributed by atoms with Crippen LogP contribution in [0.3, 0.4) is 0 Å². The van der Waals surface area contributed by atoms with Gasteiger partial charge in [0.15, 0.2) is 0 Å². The lowest BCUT2D eigenvalue weighted by atomic mass is 9.88. The molecule has 2 saturated heterocycles. The largest absolute Gasteiger partial charge is 0.487 e. The van der Waals surface area contributed by atoms with Crippen LogP contribution in [0.2, 0.25) is 15.1 Å². The van der Waals surface area contributed by atoms with Crippen molar-refractivity contribution in [1.82, 2.24) is 5.32 Å². The van der Waals surface area contributed by atoms with Crippen LogP contribution in [-0.2, 0) is 4.74 Å². The van der Waals surface area contributed by atoms with E-state index >= 15 is 0 Å². The summed E-state index contributed by atoms with van der Waals surface area (Å²) in [5, 5.41) is 5.15. The Labute approximate surface area is 179 Å². The maximum absolute atomic E-state index is 6.55. The highest BCUT2D eigenvalue weighted by Gasteiger charge is 2.39. The number of morpholine rings is 1. The molecule has 2 fully saturated rings. The van der Waals surface area contributed by atoms with Gasteiger partial charge in [0.25, 0.3) is 0 Å². The van der Waals surface area contributed by atoms with Crippen LogP contribution in [0.5, 0.6) is 5.75 Å². The Hall–Kier alpha value is -1.17. The van der Waals surface area contributed by atoms with Crippen molar-refractivity contribution in [2.45, 2.75) is 18.4 Å². The maximum atomic E-state index is 6.55. The summed E-state index contributed by atoms with van der Waals surface area (Å²) in [5.41, 5.74) is 4.16. The molecule has 2 atom stereocenters. The number of ether oxygens (including phenoxy) is 2. The van der Waals surface area contributed by atoms with Crippen LogP contribution in [-0.4, -0.2) is 45.5 Å². The summed E-state index contributed by atoms with van der Waals surface area (Å²) >= 11 is 19.2. The third kappa shape index (κ3) is 3.25. The van der Waals surface area contributed by atoms with Gasteiger partial charge in [-0.3, -0.25) is 0 Å². The van der Waals surface area contributed by atoms with E-state index in [2.05, 4.69) is 22.3 Å². The number of hydrogen-bond acceptors (Lipinski definition) is 4. The Morgan fingerprint density at radius 2 is 1.75 bits per heavy atom. The van der Waals surface area contributed by atoms with Gasteiger partial charge in [-0.25, -0.2) is 0 Å². The fourth-order valence-electron chi connectivity index (χ4n) is 4.48. The van der Waals surface area contributed by atoms with Gasteiger partial charge in [0.1, 0.15) is 11.9 Å². The van der Waals surface area contributed by atoms with Crippen LogP contribution in [0.1, 0.15) is 17.9 Å². The van der Waals surface area contributed by atoms with E-state index in [1.807, 2.05) is 0 Å². The van der Waals surface area contributed by atoms with Gasteiger partial charge in [-0.15, -0.1) is 0 Å². The van der Waals surface area contributed by atoms with E-state index in [0.29, 0.717) is 21.0 Å². The topological polar surface area (TPSA) is 33.7 Å². The zero-order chi connectivity index (χ0) is 19.3. The molecule has 3 aliphatic rings. The minimum atomic E-state index is 0.224. The highest BCUT2D eigenvalue weighted by Crippen LogP contribution is 2.50. The second-order valence-electron chi connectivity index (χ2n) is 7.51. The minimum Gasteiger partial charge on any atom is -0.487 e. The number of fused-ring (bicyclic) bond motifs is 3. The van der Waals surface area contributed by atoms with Crippen LogP contribution < -0.4 is 15.0 Å². The Balaban J connectivity index is 1.67. The van der Waals surface area contributed by atoms with Crippen molar-refractivity contribution < 1.29 is 9.47 Å². The Morgan fingerprint density at radius 3 is 2.50 bits per heavy atom. The first-order valence-electron chi connectivity index (χ1n) is 9.65. The number of nitrogens with zero attached hydrogens (tertiary/aromatic N) is 1. The summed E-state index contributed by atoms with van der Waals surface area (Å²) in [6.45, 7) is 5.03. The van der Waals surface area contributed by atoms with Crippen LogP contribution in [0.4, 0.5) is 5.69 Å². The van der Waals surface area contributed by atoms with E-state index in [0.717, 1.165) is 68.4 Å². The average Bonchev–Trinajstić information content (AvgIpc) is 3.06. The summed E-state index contributed by atoms with van der Waals surface area (Å²) in [4.78, 5) is 2.34. The van der Waals surface area contributed by atoms with Gasteiger partial charge >= 0.3 is 0 Å². The van der Waals surface area contributed by atoms with Crippen molar-refractivity contribution in [3.05, 3.63) is 44.9 Å². The molecule has 0 spiro atoms. The first kappa shape index (κ1) is 18.8. The molecule has 3 heterocycles. The molecule has 0 aliphatic carbocycles. The molecule has 4 nitrogen and oxygen atoms in total. The maximum Gasteiger partial charge on any atom is 0.146 e. The monoisotopic (exact) mass is 438 g/mol. The van der Waals surface area contributed by atoms with Crippen molar-refractivity contribution in [2.75, 3.05) is 44.3 Å². The Kier molecular flexibility index (Phi) is 5.10. The predicted octanol–water partition coefficient (Wildman–Crippen LogP) is 4.99. The van der Waals surface area contributed by atoms with Gasteiger partial charge in [0.05, 0.1) is 28.9 Å². The zero-order valence-corrected chi connectivity index (χ0v) is 17.6. The molecule has 0 unspecified atom stereocenters. The third-order valence-corrected chi connectivity index (χ3v) is 6.65. The van der Waals surface area contributed by atoms with Crippen molar-refractivity contribution in [3.63, 3.8) is 0 Å². The van der Waals surface area contributed by atoms with E-state index in [9.17, 15) is 0 Å². The number of anilines is 1. The van der Waals surface area contributed by atoms with Gasteiger partial charge in [0, 0.05) is 41.7 Å². The summed E-state index contributed by atoms with van der Waals surface area (Å²) in [6.07, 6.45) is 1.24. The number of halogens is 3. The van der Waals surface area contributed by atoms with Gasteiger partial charge in [-0.2, -0.15) is 0 Å². The number of hydrogen-bond donors (Lipinski definition) is 1. The number of rotatable bonds is 2. The van der Waals surface area contributed by atoms with Gasteiger partial charge in [-0.05, 0) is 42.8 Å². The molecule has 0 aromatic heterocycles. The molecule has 148 valence electrons. The summed E-state index contributed by atoms with van der Waals surface area (Å²) in [6, 6.07) is 7.83. The van der Waals surface area contributed by atoms with Crippen molar-refractivity contribution in [1.29, 1.82) is 0 Å². The average molecular weight is 440 g/mol. The Bertz CT molecular complexity index is 892. The zero-order valence-electron chi connectivity index (χ0n) is 15.3. The quantitative estimate of drug-likeness (QED) is 0.715. The highest BCUT2D eigenvalue weighted by molar-refractivity contribution is 6.41. The molecule has 1 N–H and O–H groups in total. The molecule has 5 rings (SSSR count). The normalized spacial score (nSPS) is 23.9. The molecule has 2 aromatic carbocycles. The van der Waals surface area contributed by atoms with Crippen LogP contribution >= 0.6 is 34.8 Å². The molecule has 0 saturated carbocycles. The fourth-order valence-corrected chi connectivity index (χ4v) is 5.51. The fraction of sp³-hybridized carbons (Fsp3) is 0.429. The van der Waals surface area contributed by atoms with Crippen LogP contribution in [0, 0.1) is 0 Å². The van der Waals surface area contributed by atoms with Gasteiger partial charge in [-0.1, -0.05) is 34.8 Å². The van der Waals surface area contributed by atoms with Gasteiger partial charge < -0.3 is 19.7 Å². The lowest BCUT2D eigenvalue weighted by Crippen LogP contribution is -2.38. The molecule has 28 heavy (non-hydrogen) atoms. The van der Waals surface area contributed by atoms with Gasteiger partial charge in [0.2, 0.25) is 0 Å². The summed E-state index contributed by atoms with van der Waals surface area (Å²) in [5.74, 6) is 1.35. The summed E-state index contributed by atoms with van der Waals surface area (Å²) in [7, 11) is 0. The van der Waals surface area contributed by atoms with E-state index < -0.39 is 0 Å². The molecule has 0 amide bonds. The highest BCUT2D eigenvalue weighted by atomic mass is 35.5. The lowest BCUT2D eigenvalue weighted by Gasteiger charge is -2.30. The third-order valence-electron chi connectivity index (χ3n) is 5.83. The molecule has 0 bridgehead atoms. The minimum absolute atomic E-state index is 0.224. The summed E-state index contributed by atoms with van der Waals surface area (Å²) < 4.78 is 12.0. The van der Waals surface area contributed by atoms with E-state index in [4.69, 9.17) is 44.3 Å². The van der Waals surface area contributed by atoms with Crippen molar-refractivity contribution >= 4 is 40.5 Å². The lowest BCUT2D eigenvalue weighted by molar-refractivity contribution is 0.122.